The molecule has 208 valence electrons. The van der Waals surface area contributed by atoms with Crippen LogP contribution in [0, 0.1) is 23.6 Å². The van der Waals surface area contributed by atoms with Gasteiger partial charge in [-0.05, 0) is 75.2 Å². The lowest BCUT2D eigenvalue weighted by Crippen LogP contribution is -2.29. The summed E-state index contributed by atoms with van der Waals surface area (Å²) >= 11 is 0. The Balaban J connectivity index is 1.95. The van der Waals surface area contributed by atoms with Crippen molar-refractivity contribution < 1.29 is 28.6 Å². The van der Waals surface area contributed by atoms with Gasteiger partial charge in [0.05, 0.1) is 22.3 Å². The SMILES string of the molecule is Cc1cccc(COc2ccn3c(C(=O)c4ccc(F)cc4)c(CC(C)(C)C(=O)O)c(C(=O)C(C)(C)C)c3c2)n1. The van der Waals surface area contributed by atoms with Crippen LogP contribution in [-0.4, -0.2) is 32.0 Å². The molecule has 0 aliphatic carbocycles. The molecule has 1 aromatic carbocycles. The van der Waals surface area contributed by atoms with E-state index in [1.165, 1.54) is 24.3 Å². The molecule has 0 radical (unpaired) electrons. The zero-order valence-corrected chi connectivity index (χ0v) is 23.5. The molecule has 3 heterocycles. The van der Waals surface area contributed by atoms with Gasteiger partial charge < -0.3 is 14.2 Å². The van der Waals surface area contributed by atoms with Gasteiger partial charge in [-0.3, -0.25) is 19.4 Å². The number of benzene rings is 1. The van der Waals surface area contributed by atoms with E-state index in [9.17, 15) is 23.9 Å². The number of carboxylic acid groups (broad SMARTS) is 1. The molecule has 4 aromatic rings. The van der Waals surface area contributed by atoms with Crippen LogP contribution < -0.4 is 4.74 Å². The van der Waals surface area contributed by atoms with E-state index in [0.29, 0.717) is 16.8 Å². The third-order valence-electron chi connectivity index (χ3n) is 6.77. The van der Waals surface area contributed by atoms with E-state index in [4.69, 9.17) is 4.74 Å². The largest absolute Gasteiger partial charge is 0.487 e. The Morgan fingerprint density at radius 1 is 1.00 bits per heavy atom. The van der Waals surface area contributed by atoms with Gasteiger partial charge >= 0.3 is 5.97 Å². The minimum Gasteiger partial charge on any atom is -0.487 e. The minimum atomic E-state index is -1.29. The number of aliphatic carboxylic acids is 1. The molecule has 3 aromatic heterocycles. The molecule has 0 unspecified atom stereocenters. The van der Waals surface area contributed by atoms with Crippen LogP contribution in [0.2, 0.25) is 0 Å². The van der Waals surface area contributed by atoms with Gasteiger partial charge in [0.1, 0.15) is 18.2 Å². The molecule has 4 rings (SSSR count). The van der Waals surface area contributed by atoms with Crippen molar-refractivity contribution in [1.29, 1.82) is 0 Å². The van der Waals surface area contributed by atoms with Crippen LogP contribution in [0.3, 0.4) is 0 Å². The predicted octanol–water partition coefficient (Wildman–Crippen LogP) is 6.47. The van der Waals surface area contributed by atoms with Gasteiger partial charge in [0.15, 0.2) is 5.78 Å². The maximum absolute atomic E-state index is 13.9. The third-order valence-corrected chi connectivity index (χ3v) is 6.77. The summed E-state index contributed by atoms with van der Waals surface area (Å²) in [4.78, 5) is 44.5. The molecule has 1 N–H and O–H groups in total. The maximum Gasteiger partial charge on any atom is 0.309 e. The number of halogens is 1. The number of aryl methyl sites for hydroxylation is 1. The number of fused-ring (bicyclic) bond motifs is 1. The number of carbonyl (C=O) groups excluding carboxylic acids is 2. The van der Waals surface area contributed by atoms with E-state index >= 15 is 0 Å². The van der Waals surface area contributed by atoms with Gasteiger partial charge in [-0.1, -0.05) is 26.8 Å². The second kappa shape index (κ2) is 10.7. The Hall–Kier alpha value is -4.33. The zero-order chi connectivity index (χ0) is 29.4. The summed E-state index contributed by atoms with van der Waals surface area (Å²) in [5, 5.41) is 9.94. The van der Waals surface area contributed by atoms with Crippen molar-refractivity contribution in [3.63, 3.8) is 0 Å². The van der Waals surface area contributed by atoms with E-state index in [1.54, 1.807) is 57.3 Å². The molecule has 0 saturated heterocycles. The van der Waals surface area contributed by atoms with Gasteiger partial charge in [0.2, 0.25) is 5.78 Å². The first-order valence-electron chi connectivity index (χ1n) is 13.0. The van der Waals surface area contributed by atoms with Crippen molar-refractivity contribution in [2.75, 3.05) is 0 Å². The number of rotatable bonds is 9. The number of aromatic nitrogens is 2. The van der Waals surface area contributed by atoms with Crippen LogP contribution in [0.25, 0.3) is 5.52 Å². The third kappa shape index (κ3) is 5.81. The molecular weight excluding hydrogens is 511 g/mol. The number of hydrogen-bond acceptors (Lipinski definition) is 5. The van der Waals surface area contributed by atoms with Gasteiger partial charge in [0.25, 0.3) is 0 Å². The monoisotopic (exact) mass is 544 g/mol. The quantitative estimate of drug-likeness (QED) is 0.242. The highest BCUT2D eigenvalue weighted by Gasteiger charge is 2.37. The topological polar surface area (TPSA) is 98.0 Å². The Morgan fingerprint density at radius 3 is 2.27 bits per heavy atom. The first-order chi connectivity index (χ1) is 18.7. The first-order valence-corrected chi connectivity index (χ1v) is 13.0. The Morgan fingerprint density at radius 2 is 1.68 bits per heavy atom. The van der Waals surface area contributed by atoms with E-state index < -0.39 is 28.4 Å². The van der Waals surface area contributed by atoms with E-state index in [-0.39, 0.29) is 35.6 Å². The van der Waals surface area contributed by atoms with Gasteiger partial charge in [-0.2, -0.15) is 0 Å². The standard InChI is InChI=1S/C32H33FN2O5/c1-19-8-7-9-22(34-19)18-40-23-14-15-35-25(16-23)26(29(37)31(2,3)4)24(17-32(5,6)30(38)39)27(35)28(36)20-10-12-21(33)13-11-20/h7-16H,17-18H2,1-6H3,(H,38,39). The molecule has 40 heavy (non-hydrogen) atoms. The fraction of sp³-hybridized carbons (Fsp3) is 0.312. The predicted molar refractivity (Wildman–Crippen MR) is 149 cm³/mol. The van der Waals surface area contributed by atoms with Crippen LogP contribution >= 0.6 is 0 Å². The summed E-state index contributed by atoms with van der Waals surface area (Å²) in [6, 6.07) is 14.1. The highest BCUT2D eigenvalue weighted by atomic mass is 19.1. The molecule has 0 fully saturated rings. The minimum absolute atomic E-state index is 0.0766. The number of hydrogen-bond donors (Lipinski definition) is 1. The van der Waals surface area contributed by atoms with Crippen molar-refractivity contribution in [3.05, 3.63) is 100 Å². The van der Waals surface area contributed by atoms with Crippen LogP contribution in [0.1, 0.15) is 78.0 Å². The zero-order valence-electron chi connectivity index (χ0n) is 23.5. The lowest BCUT2D eigenvalue weighted by molar-refractivity contribution is -0.146. The van der Waals surface area contributed by atoms with Gasteiger partial charge in [-0.15, -0.1) is 0 Å². The van der Waals surface area contributed by atoms with E-state index in [0.717, 1.165) is 11.4 Å². The van der Waals surface area contributed by atoms with Crippen LogP contribution in [0.15, 0.2) is 60.8 Å². The summed E-state index contributed by atoms with van der Waals surface area (Å²) in [6.45, 7) is 10.5. The number of ether oxygens (including phenoxy) is 1. The summed E-state index contributed by atoms with van der Waals surface area (Å²) in [6.07, 6.45) is 1.56. The molecule has 0 spiro atoms. The lowest BCUT2D eigenvalue weighted by atomic mass is 9.79. The van der Waals surface area contributed by atoms with Crippen molar-refractivity contribution >= 4 is 23.1 Å². The Labute approximate surface area is 232 Å². The van der Waals surface area contributed by atoms with Crippen molar-refractivity contribution in [2.24, 2.45) is 10.8 Å². The molecule has 0 aliphatic rings. The highest BCUT2D eigenvalue weighted by Crippen LogP contribution is 2.37. The van der Waals surface area contributed by atoms with Crippen LogP contribution in [0.5, 0.6) is 5.75 Å². The molecular formula is C32H33FN2O5. The van der Waals surface area contributed by atoms with Gasteiger partial charge in [0, 0.05) is 34.5 Å². The summed E-state index contributed by atoms with van der Waals surface area (Å²) in [5.41, 5.74) is 0.884. The molecule has 0 atom stereocenters. The number of pyridine rings is 2. The molecule has 0 saturated carbocycles. The maximum atomic E-state index is 13.9. The average Bonchev–Trinajstić information content (AvgIpc) is 3.18. The van der Waals surface area contributed by atoms with Gasteiger partial charge in [-0.25, -0.2) is 4.39 Å². The first kappa shape index (κ1) is 28.7. The Bertz CT molecular complexity index is 1610. The number of nitrogens with zero attached hydrogens (tertiary/aromatic N) is 2. The number of carboxylic acids is 1. The normalized spacial score (nSPS) is 12.0. The average molecular weight is 545 g/mol. The summed E-state index contributed by atoms with van der Waals surface area (Å²) in [5.74, 6) is -1.78. The fourth-order valence-corrected chi connectivity index (χ4v) is 4.52. The van der Waals surface area contributed by atoms with Crippen molar-refractivity contribution in [3.8, 4) is 5.75 Å². The smallest absolute Gasteiger partial charge is 0.309 e. The summed E-state index contributed by atoms with van der Waals surface area (Å²) in [7, 11) is 0. The lowest BCUT2D eigenvalue weighted by Gasteiger charge is -2.22. The number of ketones is 2. The van der Waals surface area contributed by atoms with Crippen molar-refractivity contribution in [1.82, 2.24) is 9.38 Å². The van der Waals surface area contributed by atoms with Crippen molar-refractivity contribution in [2.45, 2.75) is 54.6 Å². The number of Topliss-reactive ketones (excluding diaryl/α,β-unsaturated/α-hetero) is 1. The molecule has 0 aliphatic heterocycles. The summed E-state index contributed by atoms with van der Waals surface area (Å²) < 4.78 is 21.3. The van der Waals surface area contributed by atoms with E-state index in [1.807, 2.05) is 25.1 Å². The molecule has 8 heteroatoms. The highest BCUT2D eigenvalue weighted by molar-refractivity contribution is 6.15. The van der Waals surface area contributed by atoms with Crippen LogP contribution in [0.4, 0.5) is 4.39 Å². The molecule has 0 amide bonds. The van der Waals surface area contributed by atoms with Crippen LogP contribution in [-0.2, 0) is 17.8 Å². The molecule has 7 nitrogen and oxygen atoms in total. The second-order valence-electron chi connectivity index (χ2n) is 11.7. The fourth-order valence-electron chi connectivity index (χ4n) is 4.52. The second-order valence-corrected chi connectivity index (χ2v) is 11.7. The number of carbonyl (C=O) groups is 3. The molecule has 0 bridgehead atoms. The van der Waals surface area contributed by atoms with E-state index in [2.05, 4.69) is 4.98 Å². The Kier molecular flexibility index (Phi) is 7.65.